The molecule has 196 valence electrons. The third-order valence-electron chi connectivity index (χ3n) is 7.18. The van der Waals surface area contributed by atoms with Crippen LogP contribution in [0.2, 0.25) is 0 Å². The SMILES string of the molecule is COC(=O)C(C1([O-])OC(c2ccc(C)cc2C)=CC1=O)[P+](c1ccccc1)(c1ccccc1)c1ccccc1. The number of hydrogen-bond acceptors (Lipinski definition) is 5. The molecule has 4 aromatic rings. The second-order valence-corrected chi connectivity index (χ2v) is 13.1. The van der Waals surface area contributed by atoms with Crippen LogP contribution in [-0.4, -0.2) is 30.3 Å². The van der Waals surface area contributed by atoms with Crippen molar-refractivity contribution in [3.63, 3.8) is 0 Å². The summed E-state index contributed by atoms with van der Waals surface area (Å²) in [5, 5.41) is 17.3. The van der Waals surface area contributed by atoms with E-state index >= 15 is 0 Å². The van der Waals surface area contributed by atoms with Crippen molar-refractivity contribution in [3.05, 3.63) is 132 Å². The first-order valence-corrected chi connectivity index (χ1v) is 14.5. The lowest BCUT2D eigenvalue weighted by Gasteiger charge is -2.45. The summed E-state index contributed by atoms with van der Waals surface area (Å²) in [6.07, 6.45) is 1.23. The van der Waals surface area contributed by atoms with Gasteiger partial charge in [-0.2, -0.15) is 0 Å². The highest BCUT2D eigenvalue weighted by atomic mass is 31.2. The lowest BCUT2D eigenvalue weighted by atomic mass is 10.0. The summed E-state index contributed by atoms with van der Waals surface area (Å²) in [5.74, 6) is -4.19. The fourth-order valence-corrected chi connectivity index (χ4v) is 10.3. The monoisotopic (exact) mass is 536 g/mol. The minimum Gasteiger partial charge on any atom is -0.809 e. The number of aryl methyl sites for hydroxylation is 2. The zero-order valence-corrected chi connectivity index (χ0v) is 22.9. The van der Waals surface area contributed by atoms with Crippen molar-refractivity contribution in [1.82, 2.24) is 0 Å². The fraction of sp³-hybridized carbons (Fsp3) is 0.152. The molecule has 39 heavy (non-hydrogen) atoms. The van der Waals surface area contributed by atoms with Gasteiger partial charge in [-0.05, 0) is 55.8 Å². The van der Waals surface area contributed by atoms with Crippen LogP contribution in [0.5, 0.6) is 0 Å². The highest BCUT2D eigenvalue weighted by Crippen LogP contribution is 2.63. The van der Waals surface area contributed by atoms with Crippen molar-refractivity contribution < 1.29 is 24.2 Å². The van der Waals surface area contributed by atoms with Crippen LogP contribution in [0.1, 0.15) is 16.7 Å². The molecule has 1 heterocycles. The van der Waals surface area contributed by atoms with Crippen LogP contribution < -0.4 is 21.0 Å². The van der Waals surface area contributed by atoms with Crippen molar-refractivity contribution in [2.24, 2.45) is 0 Å². The smallest absolute Gasteiger partial charge is 0.351 e. The molecule has 0 aromatic heterocycles. The predicted molar refractivity (Wildman–Crippen MR) is 154 cm³/mol. The van der Waals surface area contributed by atoms with Gasteiger partial charge in [-0.15, -0.1) is 0 Å². The molecule has 0 fully saturated rings. The Kier molecular flexibility index (Phi) is 7.22. The fourth-order valence-electron chi connectivity index (χ4n) is 5.44. The first-order valence-electron chi connectivity index (χ1n) is 12.7. The maximum Gasteiger partial charge on any atom is 0.351 e. The second kappa shape index (κ2) is 10.6. The van der Waals surface area contributed by atoms with E-state index in [0.717, 1.165) is 27.0 Å². The summed E-state index contributed by atoms with van der Waals surface area (Å²) in [6, 6.07) is 34.0. The van der Waals surface area contributed by atoms with Gasteiger partial charge >= 0.3 is 5.97 Å². The molecule has 0 N–H and O–H groups in total. The predicted octanol–water partition coefficient (Wildman–Crippen LogP) is 3.84. The van der Waals surface area contributed by atoms with E-state index in [2.05, 4.69) is 0 Å². The van der Waals surface area contributed by atoms with Crippen LogP contribution in [0, 0.1) is 13.8 Å². The maximum absolute atomic E-state index is 15.0. The van der Waals surface area contributed by atoms with Crippen molar-refractivity contribution in [1.29, 1.82) is 0 Å². The summed E-state index contributed by atoms with van der Waals surface area (Å²) in [6.45, 7) is 3.87. The lowest BCUT2D eigenvalue weighted by molar-refractivity contribution is -0.513. The van der Waals surface area contributed by atoms with Gasteiger partial charge in [0.05, 0.1) is 7.11 Å². The molecule has 1 aliphatic heterocycles. The quantitative estimate of drug-likeness (QED) is 0.265. The van der Waals surface area contributed by atoms with Gasteiger partial charge in [0.1, 0.15) is 28.9 Å². The number of hydrogen-bond donors (Lipinski definition) is 0. The number of methoxy groups -OCH3 is 1. The van der Waals surface area contributed by atoms with Crippen LogP contribution in [0.15, 0.2) is 115 Å². The Morgan fingerprint density at radius 3 is 1.74 bits per heavy atom. The Labute approximate surface area is 229 Å². The Balaban J connectivity index is 1.80. The largest absolute Gasteiger partial charge is 0.809 e. The second-order valence-electron chi connectivity index (χ2n) is 9.62. The zero-order chi connectivity index (χ0) is 27.6. The maximum atomic E-state index is 15.0. The van der Waals surface area contributed by atoms with Crippen LogP contribution in [0.3, 0.4) is 0 Å². The van der Waals surface area contributed by atoms with E-state index < -0.39 is 30.5 Å². The first kappa shape index (κ1) is 26.6. The van der Waals surface area contributed by atoms with Gasteiger partial charge in [-0.3, -0.25) is 4.79 Å². The number of carbonyl (C=O) groups excluding carboxylic acids is 2. The molecule has 0 bridgehead atoms. The van der Waals surface area contributed by atoms with E-state index in [9.17, 15) is 14.7 Å². The summed E-state index contributed by atoms with van der Waals surface area (Å²) in [4.78, 5) is 27.7. The van der Waals surface area contributed by atoms with Crippen LogP contribution in [0.4, 0.5) is 0 Å². The molecule has 0 radical (unpaired) electrons. The van der Waals surface area contributed by atoms with Crippen LogP contribution in [0.25, 0.3) is 5.76 Å². The highest BCUT2D eigenvalue weighted by molar-refractivity contribution is 7.97. The zero-order valence-electron chi connectivity index (χ0n) is 22.0. The average Bonchev–Trinajstić information content (AvgIpc) is 3.26. The summed E-state index contributed by atoms with van der Waals surface area (Å²) < 4.78 is 11.4. The molecule has 2 atom stereocenters. The minimum absolute atomic E-state index is 0.161. The molecule has 5 rings (SSSR count). The summed E-state index contributed by atoms with van der Waals surface area (Å²) in [5.41, 5.74) is 1.04. The van der Waals surface area contributed by atoms with Gasteiger partial charge in [-0.25, -0.2) is 4.79 Å². The van der Waals surface area contributed by atoms with Gasteiger partial charge in [0.2, 0.25) is 5.66 Å². The van der Waals surface area contributed by atoms with Crippen molar-refractivity contribution in [3.8, 4) is 0 Å². The summed E-state index contributed by atoms with van der Waals surface area (Å²) in [7, 11) is -1.95. The number of ether oxygens (including phenoxy) is 2. The van der Waals surface area contributed by atoms with E-state index in [1.807, 2.05) is 123 Å². The van der Waals surface area contributed by atoms with Gasteiger partial charge in [0.15, 0.2) is 11.6 Å². The molecule has 0 saturated heterocycles. The Morgan fingerprint density at radius 2 is 1.31 bits per heavy atom. The van der Waals surface area contributed by atoms with E-state index in [1.165, 1.54) is 13.2 Å². The molecular weight excluding hydrogens is 507 g/mol. The van der Waals surface area contributed by atoms with Gasteiger partial charge in [0, 0.05) is 11.6 Å². The molecule has 0 amide bonds. The number of carbonyl (C=O) groups is 2. The van der Waals surface area contributed by atoms with Gasteiger partial charge < -0.3 is 14.6 Å². The number of esters is 1. The van der Waals surface area contributed by atoms with Crippen molar-refractivity contribution in [2.75, 3.05) is 7.11 Å². The Hall–Kier alpha value is -4.05. The number of benzene rings is 4. The van der Waals surface area contributed by atoms with Gasteiger partial charge in [0.25, 0.3) is 0 Å². The summed E-state index contributed by atoms with van der Waals surface area (Å²) >= 11 is 0. The molecule has 0 saturated carbocycles. The topological polar surface area (TPSA) is 75.7 Å². The molecule has 0 spiro atoms. The third-order valence-corrected chi connectivity index (χ3v) is 11.8. The normalized spacial score (nSPS) is 17.7. The highest BCUT2D eigenvalue weighted by Gasteiger charge is 2.65. The number of ketones is 1. The lowest BCUT2D eigenvalue weighted by Crippen LogP contribution is -2.65. The van der Waals surface area contributed by atoms with Gasteiger partial charge in [-0.1, -0.05) is 78.4 Å². The standard InChI is InChI=1S/C33H29O5P/c1-23-19-20-28(24(2)21-23)29-22-30(34)33(36,38-29)31(32(35)37-3)39(25-13-7-4-8-14-25,26-15-9-5-10-16-26)27-17-11-6-12-18-27/h4-22,31H,1-3H3. The van der Waals surface area contributed by atoms with E-state index in [-0.39, 0.29) is 5.76 Å². The molecule has 0 aliphatic carbocycles. The minimum atomic E-state index is -3.19. The molecule has 2 unspecified atom stereocenters. The van der Waals surface area contributed by atoms with E-state index in [0.29, 0.717) is 5.56 Å². The van der Waals surface area contributed by atoms with E-state index in [4.69, 9.17) is 9.47 Å². The van der Waals surface area contributed by atoms with Crippen LogP contribution >= 0.6 is 7.26 Å². The molecular formula is C33H29O5P. The average molecular weight is 537 g/mol. The molecule has 6 heteroatoms. The molecule has 5 nitrogen and oxygen atoms in total. The van der Waals surface area contributed by atoms with Crippen molar-refractivity contribution >= 4 is 40.7 Å². The molecule has 4 aromatic carbocycles. The Bertz CT molecular complexity index is 1440. The number of rotatable bonds is 7. The van der Waals surface area contributed by atoms with Crippen LogP contribution in [-0.2, 0) is 19.1 Å². The molecule has 1 aliphatic rings. The first-order chi connectivity index (χ1) is 18.8. The third kappa shape index (κ3) is 4.48. The Morgan fingerprint density at radius 1 is 0.821 bits per heavy atom. The van der Waals surface area contributed by atoms with Crippen molar-refractivity contribution in [2.45, 2.75) is 25.3 Å². The van der Waals surface area contributed by atoms with E-state index in [1.54, 1.807) is 0 Å².